The molecule has 2 heteroatoms. The first-order chi connectivity index (χ1) is 7.27. The highest BCUT2D eigenvalue weighted by Gasteiger charge is 2.18. The molecule has 1 aliphatic rings. The Balaban J connectivity index is 2.04. The summed E-state index contributed by atoms with van der Waals surface area (Å²) in [6.45, 7) is 4.10. The van der Waals surface area contributed by atoms with E-state index in [1.165, 1.54) is 19.3 Å². The lowest BCUT2D eigenvalue weighted by Gasteiger charge is -2.33. The Hall–Kier alpha value is -0.890. The molecular weight excluding hydrogens is 189 g/mol. The first kappa shape index (κ1) is 10.6. The third-order valence-corrected chi connectivity index (χ3v) is 3.27. The molecule has 1 atom stereocenters. The van der Waals surface area contributed by atoms with Crippen LogP contribution in [0.25, 0.3) is 0 Å². The van der Waals surface area contributed by atoms with Gasteiger partial charge in [-0.3, -0.25) is 4.90 Å². The minimum absolute atomic E-state index is 0.0738. The van der Waals surface area contributed by atoms with Crippen LogP contribution in [0.1, 0.15) is 31.7 Å². The van der Waals surface area contributed by atoms with Crippen LogP contribution in [-0.4, -0.2) is 17.5 Å². The largest absolute Gasteiger partial charge is 0.296 e. The van der Waals surface area contributed by atoms with Crippen molar-refractivity contribution in [1.29, 1.82) is 0 Å². The van der Waals surface area contributed by atoms with Gasteiger partial charge in [0.05, 0.1) is 0 Å². The molecule has 1 saturated heterocycles. The minimum atomic E-state index is -0.0738. The van der Waals surface area contributed by atoms with E-state index in [9.17, 15) is 4.39 Å². The number of rotatable bonds is 2. The van der Waals surface area contributed by atoms with Gasteiger partial charge in [-0.15, -0.1) is 0 Å². The molecule has 15 heavy (non-hydrogen) atoms. The van der Waals surface area contributed by atoms with E-state index in [1.54, 1.807) is 12.1 Å². The molecule has 0 aliphatic carbocycles. The fourth-order valence-corrected chi connectivity index (χ4v) is 2.24. The molecule has 1 aliphatic heterocycles. The molecule has 2 rings (SSSR count). The lowest BCUT2D eigenvalue weighted by molar-refractivity contribution is 0.151. The first-order valence-corrected chi connectivity index (χ1v) is 5.75. The number of halogens is 1. The van der Waals surface area contributed by atoms with Crippen molar-refractivity contribution >= 4 is 0 Å². The number of hydrogen-bond donors (Lipinski definition) is 0. The van der Waals surface area contributed by atoms with E-state index in [0.29, 0.717) is 6.04 Å². The Labute approximate surface area is 90.9 Å². The molecule has 82 valence electrons. The van der Waals surface area contributed by atoms with E-state index >= 15 is 0 Å². The zero-order valence-electron chi connectivity index (χ0n) is 9.25. The maximum absolute atomic E-state index is 13.4. The van der Waals surface area contributed by atoms with Crippen LogP contribution in [0, 0.1) is 5.82 Å². The number of hydrogen-bond acceptors (Lipinski definition) is 1. The van der Waals surface area contributed by atoms with Gasteiger partial charge in [0.15, 0.2) is 0 Å². The number of likely N-dealkylation sites (tertiary alicyclic amines) is 1. The van der Waals surface area contributed by atoms with Crippen LogP contribution in [0.15, 0.2) is 24.3 Å². The summed E-state index contributed by atoms with van der Waals surface area (Å²) in [6.07, 6.45) is 3.81. The molecule has 0 radical (unpaired) electrons. The smallest absolute Gasteiger partial charge is 0.127 e. The Kier molecular flexibility index (Phi) is 3.37. The third kappa shape index (κ3) is 2.57. The molecule has 1 fully saturated rings. The predicted molar refractivity (Wildman–Crippen MR) is 60.1 cm³/mol. The maximum Gasteiger partial charge on any atom is 0.127 e. The summed E-state index contributed by atoms with van der Waals surface area (Å²) in [5.41, 5.74) is 0.825. The molecule has 1 heterocycles. The second kappa shape index (κ2) is 4.75. The number of piperidine rings is 1. The summed E-state index contributed by atoms with van der Waals surface area (Å²) >= 11 is 0. The van der Waals surface area contributed by atoms with E-state index < -0.39 is 0 Å². The van der Waals surface area contributed by atoms with Gasteiger partial charge in [0, 0.05) is 18.2 Å². The summed E-state index contributed by atoms with van der Waals surface area (Å²) in [7, 11) is 0. The molecule has 1 aromatic rings. The molecule has 0 bridgehead atoms. The first-order valence-electron chi connectivity index (χ1n) is 5.75. The van der Waals surface area contributed by atoms with Gasteiger partial charge in [0.25, 0.3) is 0 Å². The molecule has 0 N–H and O–H groups in total. The van der Waals surface area contributed by atoms with E-state index in [1.807, 2.05) is 12.1 Å². The summed E-state index contributed by atoms with van der Waals surface area (Å²) in [5.74, 6) is -0.0738. The lowest BCUT2D eigenvalue weighted by Crippen LogP contribution is -2.36. The highest BCUT2D eigenvalue weighted by atomic mass is 19.1. The topological polar surface area (TPSA) is 3.24 Å². The minimum Gasteiger partial charge on any atom is -0.296 e. The van der Waals surface area contributed by atoms with Gasteiger partial charge in [-0.25, -0.2) is 4.39 Å². The van der Waals surface area contributed by atoms with Crippen LogP contribution >= 0.6 is 0 Å². The van der Waals surface area contributed by atoms with Crippen molar-refractivity contribution in [2.24, 2.45) is 0 Å². The second-order valence-electron chi connectivity index (χ2n) is 4.41. The monoisotopic (exact) mass is 207 g/mol. The number of nitrogens with zero attached hydrogens (tertiary/aromatic N) is 1. The van der Waals surface area contributed by atoms with E-state index in [0.717, 1.165) is 18.7 Å². The Morgan fingerprint density at radius 3 is 2.87 bits per heavy atom. The van der Waals surface area contributed by atoms with Gasteiger partial charge >= 0.3 is 0 Å². The normalized spacial score (nSPS) is 22.9. The molecule has 0 amide bonds. The second-order valence-corrected chi connectivity index (χ2v) is 4.41. The molecule has 0 saturated carbocycles. The van der Waals surface area contributed by atoms with Crippen LogP contribution in [0.3, 0.4) is 0 Å². The van der Waals surface area contributed by atoms with Crippen LogP contribution in [0.2, 0.25) is 0 Å². The van der Waals surface area contributed by atoms with Gasteiger partial charge in [-0.05, 0) is 32.4 Å². The predicted octanol–water partition coefficient (Wildman–Crippen LogP) is 3.20. The molecular formula is C13H18FN. The fraction of sp³-hybridized carbons (Fsp3) is 0.538. The van der Waals surface area contributed by atoms with Gasteiger partial charge in [-0.1, -0.05) is 24.6 Å². The van der Waals surface area contributed by atoms with Crippen molar-refractivity contribution < 1.29 is 4.39 Å². The summed E-state index contributed by atoms with van der Waals surface area (Å²) in [4.78, 5) is 2.38. The highest BCUT2D eigenvalue weighted by Crippen LogP contribution is 2.19. The van der Waals surface area contributed by atoms with Crippen molar-refractivity contribution in [3.63, 3.8) is 0 Å². The van der Waals surface area contributed by atoms with Gasteiger partial charge < -0.3 is 0 Å². The summed E-state index contributed by atoms with van der Waals surface area (Å²) < 4.78 is 13.4. The molecule has 1 aromatic carbocycles. The standard InChI is InChI=1S/C13H18FN/c1-11-6-4-5-9-15(11)10-12-7-2-3-8-13(12)14/h2-3,7-8,11H,4-6,9-10H2,1H3. The zero-order chi connectivity index (χ0) is 10.7. The quantitative estimate of drug-likeness (QED) is 0.720. The van der Waals surface area contributed by atoms with Gasteiger partial charge in [0.1, 0.15) is 5.82 Å². The average molecular weight is 207 g/mol. The average Bonchev–Trinajstić information content (AvgIpc) is 2.24. The third-order valence-electron chi connectivity index (χ3n) is 3.27. The van der Waals surface area contributed by atoms with Crippen LogP contribution in [0.5, 0.6) is 0 Å². The van der Waals surface area contributed by atoms with Crippen LogP contribution in [-0.2, 0) is 6.54 Å². The highest BCUT2D eigenvalue weighted by molar-refractivity contribution is 5.17. The Morgan fingerprint density at radius 2 is 2.13 bits per heavy atom. The van der Waals surface area contributed by atoms with Crippen molar-refractivity contribution in [2.45, 2.75) is 38.8 Å². The van der Waals surface area contributed by atoms with E-state index in [4.69, 9.17) is 0 Å². The van der Waals surface area contributed by atoms with Crippen molar-refractivity contribution in [2.75, 3.05) is 6.54 Å². The Morgan fingerprint density at radius 1 is 1.33 bits per heavy atom. The fourth-order valence-electron chi connectivity index (χ4n) is 2.24. The van der Waals surface area contributed by atoms with E-state index in [-0.39, 0.29) is 5.82 Å². The van der Waals surface area contributed by atoms with Crippen LogP contribution < -0.4 is 0 Å². The molecule has 0 spiro atoms. The number of benzene rings is 1. The summed E-state index contributed by atoms with van der Waals surface area (Å²) in [6, 6.07) is 7.69. The van der Waals surface area contributed by atoms with Crippen molar-refractivity contribution in [3.05, 3.63) is 35.6 Å². The van der Waals surface area contributed by atoms with Crippen molar-refractivity contribution in [1.82, 2.24) is 4.90 Å². The zero-order valence-corrected chi connectivity index (χ0v) is 9.25. The van der Waals surface area contributed by atoms with Crippen molar-refractivity contribution in [3.8, 4) is 0 Å². The molecule has 0 aromatic heterocycles. The summed E-state index contributed by atoms with van der Waals surface area (Å²) in [5, 5.41) is 0. The van der Waals surface area contributed by atoms with Crippen LogP contribution in [0.4, 0.5) is 4.39 Å². The maximum atomic E-state index is 13.4. The molecule has 1 unspecified atom stereocenters. The SMILES string of the molecule is CC1CCCCN1Cc1ccccc1F. The molecule has 1 nitrogen and oxygen atoms in total. The van der Waals surface area contributed by atoms with E-state index in [2.05, 4.69) is 11.8 Å². The van der Waals surface area contributed by atoms with Gasteiger partial charge in [0.2, 0.25) is 0 Å². The van der Waals surface area contributed by atoms with Gasteiger partial charge in [-0.2, -0.15) is 0 Å². The lowest BCUT2D eigenvalue weighted by atomic mass is 10.0. The Bertz CT molecular complexity index is 324.